The molecule has 0 radical (unpaired) electrons. The smallest absolute Gasteiger partial charge is 0.329 e. The van der Waals surface area contributed by atoms with Crippen molar-refractivity contribution in [1.29, 1.82) is 0 Å². The van der Waals surface area contributed by atoms with Gasteiger partial charge >= 0.3 is 5.97 Å². The molecule has 1 aromatic carbocycles. The molecule has 0 spiro atoms. The van der Waals surface area contributed by atoms with Gasteiger partial charge in [-0.05, 0) is 82.3 Å². The number of fused-ring (bicyclic) bond motifs is 1. The quantitative estimate of drug-likeness (QED) is 0.638. The molecule has 1 aliphatic heterocycles. The Morgan fingerprint density at radius 3 is 2.21 bits per heavy atom. The number of amides is 2. The predicted molar refractivity (Wildman–Crippen MR) is 120 cm³/mol. The molecular formula is C25H32N2O6. The van der Waals surface area contributed by atoms with E-state index in [1.54, 1.807) is 25.1 Å². The molecule has 178 valence electrons. The van der Waals surface area contributed by atoms with Crippen molar-refractivity contribution in [3.05, 3.63) is 18.2 Å². The molecule has 6 rings (SSSR count). The number of hydrogen-bond donors (Lipinski definition) is 2. The van der Waals surface area contributed by atoms with Crippen LogP contribution in [0.15, 0.2) is 18.2 Å². The van der Waals surface area contributed by atoms with Crippen LogP contribution in [0.2, 0.25) is 0 Å². The Labute approximate surface area is 193 Å². The molecule has 8 nitrogen and oxygen atoms in total. The molecule has 4 saturated carbocycles. The average molecular weight is 457 g/mol. The molecule has 1 heterocycles. The van der Waals surface area contributed by atoms with Gasteiger partial charge in [-0.2, -0.15) is 0 Å². The highest BCUT2D eigenvalue weighted by Crippen LogP contribution is 2.60. The molecule has 4 bridgehead atoms. The van der Waals surface area contributed by atoms with E-state index in [2.05, 4.69) is 10.6 Å². The molecule has 4 aliphatic carbocycles. The number of carbonyl (C=O) groups excluding carboxylic acids is 3. The highest BCUT2D eigenvalue weighted by molar-refractivity contribution is 5.96. The van der Waals surface area contributed by atoms with E-state index < -0.39 is 24.0 Å². The van der Waals surface area contributed by atoms with Crippen molar-refractivity contribution in [2.45, 2.75) is 64.5 Å². The average Bonchev–Trinajstić information content (AvgIpc) is 2.78. The summed E-state index contributed by atoms with van der Waals surface area (Å²) in [7, 11) is 0. The molecule has 0 unspecified atom stereocenters. The van der Waals surface area contributed by atoms with Gasteiger partial charge in [0, 0.05) is 17.2 Å². The molecule has 8 heteroatoms. The minimum absolute atomic E-state index is 0.0283. The first kappa shape index (κ1) is 22.0. The third-order valence-electron chi connectivity index (χ3n) is 7.69. The van der Waals surface area contributed by atoms with E-state index in [0.717, 1.165) is 19.3 Å². The van der Waals surface area contributed by atoms with Crippen LogP contribution in [0.25, 0.3) is 0 Å². The minimum Gasteiger partial charge on any atom is -0.486 e. The van der Waals surface area contributed by atoms with E-state index in [1.807, 2.05) is 0 Å². The van der Waals surface area contributed by atoms with Gasteiger partial charge in [0.2, 0.25) is 5.91 Å². The summed E-state index contributed by atoms with van der Waals surface area (Å²) in [5, 5.41) is 5.62. The van der Waals surface area contributed by atoms with Crippen LogP contribution >= 0.6 is 0 Å². The van der Waals surface area contributed by atoms with Gasteiger partial charge in [-0.1, -0.05) is 0 Å². The fourth-order valence-corrected chi connectivity index (χ4v) is 6.49. The van der Waals surface area contributed by atoms with Crippen molar-refractivity contribution in [1.82, 2.24) is 5.32 Å². The van der Waals surface area contributed by atoms with Crippen molar-refractivity contribution in [3.63, 3.8) is 0 Å². The second-order valence-corrected chi connectivity index (χ2v) is 10.3. The molecule has 0 aromatic heterocycles. The first-order valence-corrected chi connectivity index (χ1v) is 12.0. The SMILES string of the molecule is C[C@@H](NC(=O)C12CC3CC(CC(C3)C1)C2)C(=O)O[C@H](C)C(=O)Nc1ccc2c(c1)OCCO2. The summed E-state index contributed by atoms with van der Waals surface area (Å²) in [6, 6.07) is 4.29. The van der Waals surface area contributed by atoms with Crippen LogP contribution in [-0.4, -0.2) is 43.1 Å². The Hall–Kier alpha value is -2.77. The number of rotatable bonds is 6. The third-order valence-corrected chi connectivity index (χ3v) is 7.69. The van der Waals surface area contributed by atoms with Crippen LogP contribution in [-0.2, 0) is 19.1 Å². The first-order chi connectivity index (χ1) is 15.8. The zero-order valence-electron chi connectivity index (χ0n) is 19.2. The maximum Gasteiger partial charge on any atom is 0.329 e. The van der Waals surface area contributed by atoms with Crippen LogP contribution in [0.1, 0.15) is 52.4 Å². The number of carbonyl (C=O) groups is 3. The summed E-state index contributed by atoms with van der Waals surface area (Å²) in [4.78, 5) is 38.3. The normalized spacial score (nSPS) is 30.8. The molecule has 5 aliphatic rings. The number of benzene rings is 1. The van der Waals surface area contributed by atoms with Gasteiger partial charge < -0.3 is 24.8 Å². The highest BCUT2D eigenvalue weighted by Gasteiger charge is 2.54. The number of esters is 1. The number of hydrogen-bond acceptors (Lipinski definition) is 6. The first-order valence-electron chi connectivity index (χ1n) is 12.0. The van der Waals surface area contributed by atoms with E-state index in [9.17, 15) is 14.4 Å². The fourth-order valence-electron chi connectivity index (χ4n) is 6.49. The van der Waals surface area contributed by atoms with Crippen LogP contribution in [0, 0.1) is 23.2 Å². The lowest BCUT2D eigenvalue weighted by molar-refractivity contribution is -0.158. The topological polar surface area (TPSA) is 103 Å². The number of ether oxygens (including phenoxy) is 3. The van der Waals surface area contributed by atoms with Crippen LogP contribution < -0.4 is 20.1 Å². The van der Waals surface area contributed by atoms with Gasteiger partial charge in [0.1, 0.15) is 19.3 Å². The summed E-state index contributed by atoms with van der Waals surface area (Å²) >= 11 is 0. The van der Waals surface area contributed by atoms with Crippen molar-refractivity contribution >= 4 is 23.5 Å². The maximum atomic E-state index is 13.2. The van der Waals surface area contributed by atoms with E-state index in [4.69, 9.17) is 14.2 Å². The van der Waals surface area contributed by atoms with Crippen molar-refractivity contribution in [2.75, 3.05) is 18.5 Å². The summed E-state index contributed by atoms with van der Waals surface area (Å²) < 4.78 is 16.4. The number of anilines is 1. The molecule has 1 aromatic rings. The van der Waals surface area contributed by atoms with E-state index in [0.29, 0.717) is 48.2 Å². The molecule has 2 N–H and O–H groups in total. The van der Waals surface area contributed by atoms with Gasteiger partial charge in [-0.15, -0.1) is 0 Å². The molecule has 33 heavy (non-hydrogen) atoms. The predicted octanol–water partition coefficient (Wildman–Crippen LogP) is 3.05. The largest absolute Gasteiger partial charge is 0.486 e. The zero-order valence-corrected chi connectivity index (χ0v) is 19.2. The second kappa shape index (κ2) is 8.54. The van der Waals surface area contributed by atoms with Gasteiger partial charge in [-0.25, -0.2) is 4.79 Å². The Morgan fingerprint density at radius 1 is 0.970 bits per heavy atom. The van der Waals surface area contributed by atoms with Crippen molar-refractivity contribution < 1.29 is 28.6 Å². The van der Waals surface area contributed by atoms with Gasteiger partial charge in [0.25, 0.3) is 5.91 Å². The van der Waals surface area contributed by atoms with Crippen LogP contribution in [0.4, 0.5) is 5.69 Å². The molecule has 2 amide bonds. The monoisotopic (exact) mass is 456 g/mol. The minimum atomic E-state index is -1.01. The number of nitrogens with one attached hydrogen (secondary N) is 2. The van der Waals surface area contributed by atoms with Crippen LogP contribution in [0.5, 0.6) is 11.5 Å². The molecule has 2 atom stereocenters. The molecule has 0 saturated heterocycles. The lowest BCUT2D eigenvalue weighted by Gasteiger charge is -2.55. The standard InChI is InChI=1S/C25H32N2O6/c1-14(26-24(30)25-11-16-7-17(12-25)9-18(8-16)13-25)23(29)33-15(2)22(28)27-19-3-4-20-21(10-19)32-6-5-31-20/h3-4,10,14-18H,5-9,11-13H2,1-2H3,(H,26,30)(H,27,28)/t14-,15-,16?,17?,18?,25?/m1/s1. The van der Waals surface area contributed by atoms with Crippen molar-refractivity contribution in [3.8, 4) is 11.5 Å². The molecule has 4 fully saturated rings. The fraction of sp³-hybridized carbons (Fsp3) is 0.640. The Morgan fingerprint density at radius 2 is 1.58 bits per heavy atom. The highest BCUT2D eigenvalue weighted by atomic mass is 16.6. The second-order valence-electron chi connectivity index (χ2n) is 10.3. The Bertz CT molecular complexity index is 925. The maximum absolute atomic E-state index is 13.2. The summed E-state index contributed by atoms with van der Waals surface area (Å²) in [6.45, 7) is 4.07. The van der Waals surface area contributed by atoms with E-state index >= 15 is 0 Å². The van der Waals surface area contributed by atoms with Crippen molar-refractivity contribution in [2.24, 2.45) is 23.2 Å². The Balaban J connectivity index is 1.14. The molecular weight excluding hydrogens is 424 g/mol. The Kier molecular flexibility index (Phi) is 5.70. The van der Waals surface area contributed by atoms with Gasteiger partial charge in [0.05, 0.1) is 0 Å². The zero-order chi connectivity index (χ0) is 23.2. The summed E-state index contributed by atoms with van der Waals surface area (Å²) in [5.41, 5.74) is 0.195. The lowest BCUT2D eigenvalue weighted by Crippen LogP contribution is -2.56. The summed E-state index contributed by atoms with van der Waals surface area (Å²) in [5.74, 6) is 2.03. The third kappa shape index (κ3) is 4.39. The summed E-state index contributed by atoms with van der Waals surface area (Å²) in [6.07, 6.45) is 5.54. The van der Waals surface area contributed by atoms with Gasteiger partial charge in [0.15, 0.2) is 17.6 Å². The van der Waals surface area contributed by atoms with E-state index in [-0.39, 0.29) is 11.3 Å². The van der Waals surface area contributed by atoms with Gasteiger partial charge in [-0.3, -0.25) is 9.59 Å². The lowest BCUT2D eigenvalue weighted by atomic mass is 9.49. The van der Waals surface area contributed by atoms with Crippen LogP contribution in [0.3, 0.4) is 0 Å². The van der Waals surface area contributed by atoms with E-state index in [1.165, 1.54) is 26.2 Å².